The smallest absolute Gasteiger partial charge is 0.459 e. The molecular weight excluding hydrogens is 529 g/mol. The van der Waals surface area contributed by atoms with Crippen LogP contribution < -0.4 is 20.9 Å². The highest BCUT2D eigenvalue weighted by molar-refractivity contribution is 7.52. The lowest BCUT2D eigenvalue weighted by molar-refractivity contribution is -0.149. The van der Waals surface area contributed by atoms with Crippen LogP contribution in [0.25, 0.3) is 0 Å². The summed E-state index contributed by atoms with van der Waals surface area (Å²) < 4.78 is 36.9. The van der Waals surface area contributed by atoms with Crippen molar-refractivity contribution < 1.29 is 33.0 Å². The Morgan fingerprint density at radius 3 is 2.57 bits per heavy atom. The number of benzene rings is 1. The molecule has 2 aromatic rings. The van der Waals surface area contributed by atoms with E-state index in [1.54, 1.807) is 44.2 Å². The summed E-state index contributed by atoms with van der Waals surface area (Å²) in [6.45, 7) is 7.26. The lowest BCUT2D eigenvalue weighted by atomic mass is 10.0. The van der Waals surface area contributed by atoms with E-state index in [1.807, 2.05) is 0 Å². The molecule has 1 aromatic heterocycles. The van der Waals surface area contributed by atoms with Gasteiger partial charge in [-0.1, -0.05) is 18.2 Å². The minimum absolute atomic E-state index is 0.200. The van der Waals surface area contributed by atoms with Crippen LogP contribution in [0, 0.1) is 6.92 Å². The Morgan fingerprint density at radius 2 is 1.95 bits per heavy atom. The molecule has 0 aliphatic carbocycles. The third-order valence-corrected chi connectivity index (χ3v) is 7.60. The van der Waals surface area contributed by atoms with Crippen LogP contribution in [0.5, 0.6) is 5.75 Å². The van der Waals surface area contributed by atoms with Gasteiger partial charge in [-0.15, -0.1) is 11.6 Å². The van der Waals surface area contributed by atoms with E-state index in [0.717, 1.165) is 4.57 Å². The largest absolute Gasteiger partial charge is 0.462 e. The quantitative estimate of drug-likeness (QED) is 0.224. The number of rotatable bonds is 10. The van der Waals surface area contributed by atoms with Gasteiger partial charge in [-0.05, 0) is 46.8 Å². The highest BCUT2D eigenvalue weighted by Crippen LogP contribution is 2.48. The molecular formula is C23H31ClN3O9P. The van der Waals surface area contributed by atoms with Crippen LogP contribution in [0.1, 0.15) is 39.5 Å². The number of alkyl halides is 1. The van der Waals surface area contributed by atoms with Crippen LogP contribution in [0.4, 0.5) is 0 Å². The standard InChI is InChI=1S/C23H31ClN3O9P/c1-13(2)34-20(30)15(4)26-37(32,36-16-9-7-6-8-10-16)33-12-17-18(28)23(5,24)21(35-17)27-11-14(3)19(29)25-22(27)31/h6-11,13,15,17-18,21,28H,12H2,1-5H3,(H,26,32)(H,25,29,31). The van der Waals surface area contributed by atoms with Gasteiger partial charge in [0, 0.05) is 11.8 Å². The second-order valence-electron chi connectivity index (χ2n) is 9.14. The summed E-state index contributed by atoms with van der Waals surface area (Å²) in [5.41, 5.74) is -1.11. The molecule has 6 atom stereocenters. The molecule has 1 saturated heterocycles. The molecule has 204 valence electrons. The van der Waals surface area contributed by atoms with Gasteiger partial charge in [0.1, 0.15) is 28.9 Å². The van der Waals surface area contributed by atoms with E-state index >= 15 is 0 Å². The van der Waals surface area contributed by atoms with E-state index < -0.39 is 67.0 Å². The first kappa shape index (κ1) is 29.1. The van der Waals surface area contributed by atoms with Gasteiger partial charge in [0.2, 0.25) is 0 Å². The molecule has 0 saturated carbocycles. The van der Waals surface area contributed by atoms with E-state index in [2.05, 4.69) is 10.1 Å². The number of carbonyl (C=O) groups is 1. The number of carbonyl (C=O) groups excluding carboxylic acids is 1. The van der Waals surface area contributed by atoms with Crippen molar-refractivity contribution in [2.24, 2.45) is 0 Å². The van der Waals surface area contributed by atoms with Crippen LogP contribution in [-0.2, 0) is 23.4 Å². The first-order valence-corrected chi connectivity index (χ1v) is 13.5. The molecule has 0 spiro atoms. The Balaban J connectivity index is 1.82. The Bertz CT molecular complexity index is 1260. The Labute approximate surface area is 218 Å². The summed E-state index contributed by atoms with van der Waals surface area (Å²) in [7, 11) is -4.23. The number of para-hydroxylation sites is 1. The molecule has 14 heteroatoms. The lowest BCUT2D eigenvalue weighted by Crippen LogP contribution is -2.43. The van der Waals surface area contributed by atoms with E-state index in [-0.39, 0.29) is 11.3 Å². The molecule has 0 amide bonds. The molecule has 2 heterocycles. The molecule has 3 N–H and O–H groups in total. The number of hydrogen-bond donors (Lipinski definition) is 3. The predicted molar refractivity (Wildman–Crippen MR) is 135 cm³/mol. The highest BCUT2D eigenvalue weighted by Gasteiger charge is 2.54. The van der Waals surface area contributed by atoms with E-state index in [1.165, 1.54) is 27.0 Å². The number of hydrogen-bond acceptors (Lipinski definition) is 9. The molecule has 6 unspecified atom stereocenters. The van der Waals surface area contributed by atoms with Gasteiger partial charge < -0.3 is 19.1 Å². The summed E-state index contributed by atoms with van der Waals surface area (Å²) in [4.78, 5) is 37.1. The number of halogens is 1. The molecule has 1 aliphatic rings. The molecule has 12 nitrogen and oxygen atoms in total. The van der Waals surface area contributed by atoms with Crippen molar-refractivity contribution >= 4 is 25.3 Å². The second kappa shape index (κ2) is 11.5. The zero-order chi connectivity index (χ0) is 27.5. The summed E-state index contributed by atoms with van der Waals surface area (Å²) in [5, 5.41) is 13.4. The van der Waals surface area contributed by atoms with Crippen molar-refractivity contribution in [1.82, 2.24) is 14.6 Å². The fourth-order valence-corrected chi connectivity index (χ4v) is 5.42. The van der Waals surface area contributed by atoms with Crippen LogP contribution in [0.2, 0.25) is 0 Å². The second-order valence-corrected chi connectivity index (χ2v) is 11.6. The number of ether oxygens (including phenoxy) is 2. The fraction of sp³-hybridized carbons (Fsp3) is 0.522. The third kappa shape index (κ3) is 6.90. The molecule has 0 radical (unpaired) electrons. The van der Waals surface area contributed by atoms with E-state index in [0.29, 0.717) is 0 Å². The Morgan fingerprint density at radius 1 is 1.30 bits per heavy atom. The molecule has 1 fully saturated rings. The van der Waals surface area contributed by atoms with Crippen molar-refractivity contribution in [2.75, 3.05) is 6.61 Å². The highest BCUT2D eigenvalue weighted by atomic mass is 35.5. The molecule has 1 aliphatic heterocycles. The number of aromatic amines is 1. The monoisotopic (exact) mass is 559 g/mol. The van der Waals surface area contributed by atoms with E-state index in [4.69, 9.17) is 30.1 Å². The van der Waals surface area contributed by atoms with Gasteiger partial charge in [-0.2, -0.15) is 5.09 Å². The van der Waals surface area contributed by atoms with Gasteiger partial charge in [0.15, 0.2) is 6.23 Å². The minimum Gasteiger partial charge on any atom is -0.462 e. The zero-order valence-electron chi connectivity index (χ0n) is 21.0. The number of nitrogens with zero attached hydrogens (tertiary/aromatic N) is 1. The lowest BCUT2D eigenvalue weighted by Gasteiger charge is -2.26. The number of aromatic nitrogens is 2. The molecule has 37 heavy (non-hydrogen) atoms. The fourth-order valence-electron chi connectivity index (χ4n) is 3.62. The van der Waals surface area contributed by atoms with Crippen LogP contribution in [0.15, 0.2) is 46.1 Å². The summed E-state index contributed by atoms with van der Waals surface area (Å²) >= 11 is 6.57. The van der Waals surface area contributed by atoms with Gasteiger partial charge in [-0.25, -0.2) is 9.36 Å². The maximum Gasteiger partial charge on any atom is 0.459 e. The Hall–Kier alpha value is -2.47. The molecule has 3 rings (SSSR count). The topological polar surface area (TPSA) is 158 Å². The first-order valence-electron chi connectivity index (χ1n) is 11.6. The van der Waals surface area contributed by atoms with Gasteiger partial charge >= 0.3 is 19.4 Å². The predicted octanol–water partition coefficient (Wildman–Crippen LogP) is 2.23. The van der Waals surface area contributed by atoms with Gasteiger partial charge in [-0.3, -0.25) is 23.7 Å². The number of esters is 1. The minimum atomic E-state index is -4.23. The first-order chi connectivity index (χ1) is 17.2. The summed E-state index contributed by atoms with van der Waals surface area (Å²) in [5.74, 6) is -0.472. The van der Waals surface area contributed by atoms with Crippen LogP contribution >= 0.6 is 19.3 Å². The number of nitrogens with one attached hydrogen (secondary N) is 2. The average molecular weight is 560 g/mol. The zero-order valence-corrected chi connectivity index (χ0v) is 22.7. The number of aliphatic hydroxyl groups is 1. The number of H-pyrrole nitrogens is 1. The van der Waals surface area contributed by atoms with Gasteiger partial charge in [0.05, 0.1) is 12.7 Å². The third-order valence-electron chi connectivity index (χ3n) is 5.55. The van der Waals surface area contributed by atoms with Crippen molar-refractivity contribution in [2.45, 2.75) is 70.1 Å². The van der Waals surface area contributed by atoms with Crippen LogP contribution in [0.3, 0.4) is 0 Å². The Kier molecular flexibility index (Phi) is 9.05. The van der Waals surface area contributed by atoms with Gasteiger partial charge in [0.25, 0.3) is 5.56 Å². The average Bonchev–Trinajstić information content (AvgIpc) is 3.03. The number of aliphatic hydroxyl groups excluding tert-OH is 1. The van der Waals surface area contributed by atoms with Crippen molar-refractivity contribution in [3.8, 4) is 5.75 Å². The SMILES string of the molecule is Cc1cn(C2OC(COP(=O)(NC(C)C(=O)OC(C)C)Oc3ccccc3)C(O)C2(C)Cl)c(=O)[nH]c1=O. The maximum absolute atomic E-state index is 13.7. The van der Waals surface area contributed by atoms with E-state index in [9.17, 15) is 24.1 Å². The van der Waals surface area contributed by atoms with Crippen molar-refractivity contribution in [3.63, 3.8) is 0 Å². The normalized spacial score (nSPS) is 26.0. The number of aryl methyl sites for hydroxylation is 1. The summed E-state index contributed by atoms with van der Waals surface area (Å²) in [6.07, 6.45) is -2.85. The maximum atomic E-state index is 13.7. The summed E-state index contributed by atoms with van der Waals surface area (Å²) in [6, 6.07) is 7.08. The molecule has 0 bridgehead atoms. The molecule has 1 aromatic carbocycles. The van der Waals surface area contributed by atoms with Crippen LogP contribution in [-0.4, -0.2) is 56.5 Å². The van der Waals surface area contributed by atoms with Crippen molar-refractivity contribution in [3.05, 3.63) is 62.9 Å². The van der Waals surface area contributed by atoms with Crippen molar-refractivity contribution in [1.29, 1.82) is 0 Å².